The van der Waals surface area contributed by atoms with Gasteiger partial charge in [-0.1, -0.05) is 28.1 Å². The molecule has 0 spiro atoms. The van der Waals surface area contributed by atoms with Crippen molar-refractivity contribution >= 4 is 27.5 Å². The molecule has 1 N–H and O–H groups in total. The van der Waals surface area contributed by atoms with Crippen molar-refractivity contribution in [1.82, 2.24) is 19.9 Å². The number of nitrogens with zero attached hydrogens (tertiary/aromatic N) is 3. The molecular weight excluding hydrogens is 436 g/mol. The molecule has 29 heavy (non-hydrogen) atoms. The third-order valence-corrected chi connectivity index (χ3v) is 5.21. The molecule has 4 aromatic rings. The molecule has 0 bridgehead atoms. The van der Waals surface area contributed by atoms with Gasteiger partial charge in [0.05, 0.1) is 11.9 Å². The summed E-state index contributed by atoms with van der Waals surface area (Å²) in [5, 5.41) is 7.31. The molecule has 144 valence electrons. The van der Waals surface area contributed by atoms with E-state index in [4.69, 9.17) is 9.47 Å². The standard InChI is InChI=1S/C21H15BrN4O3/c22-15-4-1-13(2-5-15)10-24-21(27)16-11-25-26-17(7-8-23-20(16)26)14-3-6-18-19(9-14)29-12-28-18/h1-9,11H,10,12H2,(H,24,27). The number of nitrogens with one attached hydrogen (secondary N) is 1. The largest absolute Gasteiger partial charge is 0.454 e. The minimum absolute atomic E-state index is 0.217. The van der Waals surface area contributed by atoms with Crippen molar-refractivity contribution in [2.75, 3.05) is 6.79 Å². The molecule has 0 saturated carbocycles. The number of amides is 1. The first kappa shape index (κ1) is 17.7. The maximum absolute atomic E-state index is 12.7. The van der Waals surface area contributed by atoms with Crippen molar-refractivity contribution in [1.29, 1.82) is 0 Å². The Morgan fingerprint density at radius 2 is 1.93 bits per heavy atom. The number of benzene rings is 2. The van der Waals surface area contributed by atoms with Crippen LogP contribution in [0.3, 0.4) is 0 Å². The molecule has 1 amide bonds. The van der Waals surface area contributed by atoms with Gasteiger partial charge in [0.15, 0.2) is 17.1 Å². The summed E-state index contributed by atoms with van der Waals surface area (Å²) in [6.07, 6.45) is 3.21. The second-order valence-corrected chi connectivity index (χ2v) is 7.42. The van der Waals surface area contributed by atoms with Crippen LogP contribution in [0.4, 0.5) is 0 Å². The molecule has 0 unspecified atom stereocenters. The number of aromatic nitrogens is 3. The molecule has 2 aromatic heterocycles. The zero-order chi connectivity index (χ0) is 19.8. The second-order valence-electron chi connectivity index (χ2n) is 6.50. The predicted octanol–water partition coefficient (Wildman–Crippen LogP) is 3.82. The molecule has 5 rings (SSSR count). The Bertz CT molecular complexity index is 1220. The van der Waals surface area contributed by atoms with Crippen LogP contribution in [0.5, 0.6) is 11.5 Å². The van der Waals surface area contributed by atoms with Crippen LogP contribution in [0.15, 0.2) is 65.4 Å². The summed E-state index contributed by atoms with van der Waals surface area (Å²) in [5.41, 5.74) is 3.62. The van der Waals surface area contributed by atoms with Gasteiger partial charge in [-0.3, -0.25) is 4.79 Å². The smallest absolute Gasteiger partial charge is 0.257 e. The van der Waals surface area contributed by atoms with Gasteiger partial charge >= 0.3 is 0 Å². The molecule has 0 fully saturated rings. The Balaban J connectivity index is 1.43. The van der Waals surface area contributed by atoms with Crippen molar-refractivity contribution in [3.8, 4) is 22.8 Å². The molecule has 1 aliphatic heterocycles. The number of ether oxygens (including phenoxy) is 2. The number of halogens is 1. The number of hydrogen-bond donors (Lipinski definition) is 1. The highest BCUT2D eigenvalue weighted by atomic mass is 79.9. The Morgan fingerprint density at radius 1 is 1.10 bits per heavy atom. The van der Waals surface area contributed by atoms with Crippen molar-refractivity contribution in [2.24, 2.45) is 0 Å². The SMILES string of the molecule is O=C(NCc1ccc(Br)cc1)c1cnn2c(-c3ccc4c(c3)OCO4)ccnc12. The van der Waals surface area contributed by atoms with E-state index in [-0.39, 0.29) is 12.7 Å². The first-order chi connectivity index (χ1) is 14.2. The van der Waals surface area contributed by atoms with Gasteiger partial charge in [0, 0.05) is 22.8 Å². The van der Waals surface area contributed by atoms with E-state index in [0.29, 0.717) is 29.3 Å². The van der Waals surface area contributed by atoms with Gasteiger partial charge in [-0.25, -0.2) is 9.50 Å². The monoisotopic (exact) mass is 450 g/mol. The lowest BCUT2D eigenvalue weighted by molar-refractivity contribution is 0.0952. The summed E-state index contributed by atoms with van der Waals surface area (Å²) in [7, 11) is 0. The van der Waals surface area contributed by atoms with Crippen LogP contribution < -0.4 is 14.8 Å². The molecule has 3 heterocycles. The van der Waals surface area contributed by atoms with E-state index in [1.54, 1.807) is 10.7 Å². The van der Waals surface area contributed by atoms with Crippen molar-refractivity contribution in [3.63, 3.8) is 0 Å². The molecular formula is C21H15BrN4O3. The molecule has 2 aromatic carbocycles. The molecule has 1 aliphatic rings. The molecule has 0 radical (unpaired) electrons. The zero-order valence-corrected chi connectivity index (χ0v) is 16.7. The number of rotatable bonds is 4. The van der Waals surface area contributed by atoms with E-state index in [0.717, 1.165) is 21.3 Å². The van der Waals surface area contributed by atoms with Gasteiger partial charge in [0.2, 0.25) is 6.79 Å². The number of carbonyl (C=O) groups excluding carboxylic acids is 1. The van der Waals surface area contributed by atoms with Gasteiger partial charge in [-0.2, -0.15) is 5.10 Å². The van der Waals surface area contributed by atoms with Crippen molar-refractivity contribution < 1.29 is 14.3 Å². The second kappa shape index (κ2) is 7.21. The van der Waals surface area contributed by atoms with E-state index in [1.807, 2.05) is 48.5 Å². The summed E-state index contributed by atoms with van der Waals surface area (Å²) in [6.45, 7) is 0.639. The lowest BCUT2D eigenvalue weighted by Crippen LogP contribution is -2.22. The fourth-order valence-electron chi connectivity index (χ4n) is 3.21. The van der Waals surface area contributed by atoms with E-state index in [1.165, 1.54) is 6.20 Å². The molecule has 0 saturated heterocycles. The maximum Gasteiger partial charge on any atom is 0.257 e. The first-order valence-corrected chi connectivity index (χ1v) is 9.74. The minimum atomic E-state index is -0.224. The quantitative estimate of drug-likeness (QED) is 0.511. The summed E-state index contributed by atoms with van der Waals surface area (Å²) in [5.74, 6) is 1.18. The highest BCUT2D eigenvalue weighted by Crippen LogP contribution is 2.35. The Kier molecular flexibility index (Phi) is 4.40. The van der Waals surface area contributed by atoms with E-state index in [2.05, 4.69) is 31.3 Å². The average molecular weight is 451 g/mol. The Hall–Kier alpha value is -3.39. The van der Waals surface area contributed by atoms with Gasteiger partial charge in [0.1, 0.15) is 5.56 Å². The maximum atomic E-state index is 12.7. The molecule has 7 nitrogen and oxygen atoms in total. The Labute approximate surface area is 174 Å². The van der Waals surface area contributed by atoms with Gasteiger partial charge in [-0.05, 0) is 42.0 Å². The number of carbonyl (C=O) groups is 1. The summed E-state index contributed by atoms with van der Waals surface area (Å²) in [4.78, 5) is 17.1. The molecule has 0 aliphatic carbocycles. The summed E-state index contributed by atoms with van der Waals surface area (Å²) < 4.78 is 13.5. The van der Waals surface area contributed by atoms with Crippen LogP contribution >= 0.6 is 15.9 Å². The highest BCUT2D eigenvalue weighted by Gasteiger charge is 2.18. The Morgan fingerprint density at radius 3 is 2.79 bits per heavy atom. The predicted molar refractivity (Wildman–Crippen MR) is 110 cm³/mol. The van der Waals surface area contributed by atoms with Gasteiger partial charge in [0.25, 0.3) is 5.91 Å². The minimum Gasteiger partial charge on any atom is -0.454 e. The van der Waals surface area contributed by atoms with E-state index in [9.17, 15) is 4.79 Å². The fraction of sp³-hybridized carbons (Fsp3) is 0.0952. The van der Waals surface area contributed by atoms with Crippen LogP contribution in [0, 0.1) is 0 Å². The van der Waals surface area contributed by atoms with Crippen LogP contribution in [0.2, 0.25) is 0 Å². The van der Waals surface area contributed by atoms with Crippen LogP contribution in [0.1, 0.15) is 15.9 Å². The zero-order valence-electron chi connectivity index (χ0n) is 15.1. The third-order valence-electron chi connectivity index (χ3n) is 4.68. The lowest BCUT2D eigenvalue weighted by atomic mass is 10.1. The van der Waals surface area contributed by atoms with E-state index >= 15 is 0 Å². The van der Waals surface area contributed by atoms with Gasteiger partial charge < -0.3 is 14.8 Å². The highest BCUT2D eigenvalue weighted by molar-refractivity contribution is 9.10. The summed E-state index contributed by atoms with van der Waals surface area (Å²) in [6, 6.07) is 15.3. The van der Waals surface area contributed by atoms with Crippen molar-refractivity contribution in [3.05, 3.63) is 76.5 Å². The molecule has 8 heteroatoms. The molecule has 0 atom stereocenters. The average Bonchev–Trinajstić information content (AvgIpc) is 3.39. The third kappa shape index (κ3) is 3.31. The van der Waals surface area contributed by atoms with Gasteiger partial charge in [-0.15, -0.1) is 0 Å². The number of hydrogen-bond acceptors (Lipinski definition) is 5. The summed E-state index contributed by atoms with van der Waals surface area (Å²) >= 11 is 3.41. The normalized spacial score (nSPS) is 12.3. The first-order valence-electron chi connectivity index (χ1n) is 8.94. The lowest BCUT2D eigenvalue weighted by Gasteiger charge is -2.07. The van der Waals surface area contributed by atoms with Crippen LogP contribution in [-0.4, -0.2) is 27.3 Å². The fourth-order valence-corrected chi connectivity index (χ4v) is 3.47. The van der Waals surface area contributed by atoms with Crippen LogP contribution in [-0.2, 0) is 6.54 Å². The topological polar surface area (TPSA) is 77.8 Å². The number of fused-ring (bicyclic) bond motifs is 2. The van der Waals surface area contributed by atoms with Crippen molar-refractivity contribution in [2.45, 2.75) is 6.54 Å². The van der Waals surface area contributed by atoms with Crippen LogP contribution in [0.25, 0.3) is 16.9 Å². The van der Waals surface area contributed by atoms with E-state index < -0.39 is 0 Å².